The van der Waals surface area contributed by atoms with Crippen LogP contribution in [0.4, 0.5) is 0 Å². The number of hydrogen-bond donors (Lipinski definition) is 0. The van der Waals surface area contributed by atoms with Crippen LogP contribution in [0.1, 0.15) is 38.5 Å². The average Bonchev–Trinajstić information content (AvgIpc) is 2.97. The fourth-order valence-electron chi connectivity index (χ4n) is 2.36. The molecule has 0 fully saturated rings. The molecule has 7 heteroatoms. The number of carbonyl (C=O) groups excluding carboxylic acids is 1. The van der Waals surface area contributed by atoms with E-state index < -0.39 is 17.6 Å². The van der Waals surface area contributed by atoms with E-state index in [0.29, 0.717) is 15.6 Å². The van der Waals surface area contributed by atoms with Gasteiger partial charge in [0, 0.05) is 28.1 Å². The SMILES string of the molecule is COC(c1ccc(Cl)cc1Cl)C(C(=O)C(C)(C)C)n1cncn1. The lowest BCUT2D eigenvalue weighted by molar-refractivity contribution is -0.134. The molecule has 23 heavy (non-hydrogen) atoms. The van der Waals surface area contributed by atoms with Crippen LogP contribution < -0.4 is 0 Å². The first-order valence-corrected chi connectivity index (χ1v) is 7.87. The quantitative estimate of drug-likeness (QED) is 0.808. The minimum absolute atomic E-state index is 0.0270. The van der Waals surface area contributed by atoms with E-state index in [0.717, 1.165) is 0 Å². The second-order valence-corrected chi connectivity index (χ2v) is 7.10. The molecule has 0 aliphatic rings. The summed E-state index contributed by atoms with van der Waals surface area (Å²) in [4.78, 5) is 16.9. The number of nitrogens with zero attached hydrogens (tertiary/aromatic N) is 3. The second kappa shape index (κ2) is 6.99. The number of hydrogen-bond acceptors (Lipinski definition) is 4. The number of aromatic nitrogens is 3. The smallest absolute Gasteiger partial charge is 0.165 e. The van der Waals surface area contributed by atoms with Gasteiger partial charge in [-0.15, -0.1) is 0 Å². The summed E-state index contributed by atoms with van der Waals surface area (Å²) in [7, 11) is 1.54. The fraction of sp³-hybridized carbons (Fsp3) is 0.438. The van der Waals surface area contributed by atoms with Crippen LogP contribution in [0.2, 0.25) is 10.0 Å². The molecule has 2 rings (SSSR count). The largest absolute Gasteiger partial charge is 0.374 e. The molecular weight excluding hydrogens is 337 g/mol. The fourth-order valence-corrected chi connectivity index (χ4v) is 2.88. The lowest BCUT2D eigenvalue weighted by atomic mass is 9.83. The molecule has 0 aliphatic heterocycles. The zero-order chi connectivity index (χ0) is 17.2. The summed E-state index contributed by atoms with van der Waals surface area (Å²) < 4.78 is 7.13. The summed E-state index contributed by atoms with van der Waals surface area (Å²) in [6, 6.07) is 4.43. The maximum atomic E-state index is 13.0. The normalized spacial score (nSPS) is 14.5. The Balaban J connectivity index is 2.54. The third-order valence-electron chi connectivity index (χ3n) is 3.54. The van der Waals surface area contributed by atoms with E-state index in [-0.39, 0.29) is 5.78 Å². The molecule has 2 unspecified atom stereocenters. The Morgan fingerprint density at radius 2 is 2.00 bits per heavy atom. The molecule has 0 amide bonds. The van der Waals surface area contributed by atoms with Crippen molar-refractivity contribution in [1.82, 2.24) is 14.8 Å². The molecule has 2 atom stereocenters. The number of ketones is 1. The van der Waals surface area contributed by atoms with Crippen molar-refractivity contribution in [2.75, 3.05) is 7.11 Å². The van der Waals surface area contributed by atoms with E-state index in [9.17, 15) is 4.79 Å². The number of ether oxygens (including phenoxy) is 1. The number of benzene rings is 1. The van der Waals surface area contributed by atoms with E-state index in [4.69, 9.17) is 27.9 Å². The van der Waals surface area contributed by atoms with Crippen molar-refractivity contribution >= 4 is 29.0 Å². The number of Topliss-reactive ketones (excluding diaryl/α,β-unsaturated/α-hetero) is 1. The molecule has 1 heterocycles. The Bertz CT molecular complexity index is 681. The maximum Gasteiger partial charge on any atom is 0.165 e. The molecule has 5 nitrogen and oxygen atoms in total. The summed E-state index contributed by atoms with van der Waals surface area (Å²) in [5.41, 5.74) is 0.100. The highest BCUT2D eigenvalue weighted by atomic mass is 35.5. The summed E-state index contributed by atoms with van der Waals surface area (Å²) >= 11 is 12.3. The summed E-state index contributed by atoms with van der Waals surface area (Å²) in [5.74, 6) is -0.0270. The van der Waals surface area contributed by atoms with Crippen molar-refractivity contribution in [1.29, 1.82) is 0 Å². The van der Waals surface area contributed by atoms with Gasteiger partial charge in [-0.25, -0.2) is 9.67 Å². The summed E-state index contributed by atoms with van der Waals surface area (Å²) in [6.45, 7) is 5.57. The topological polar surface area (TPSA) is 57.0 Å². The van der Waals surface area contributed by atoms with Crippen molar-refractivity contribution in [3.8, 4) is 0 Å². The molecule has 124 valence electrons. The van der Waals surface area contributed by atoms with Gasteiger partial charge in [-0.1, -0.05) is 50.0 Å². The molecule has 0 aliphatic carbocycles. The van der Waals surface area contributed by atoms with E-state index in [1.54, 1.807) is 18.2 Å². The van der Waals surface area contributed by atoms with Gasteiger partial charge in [0.15, 0.2) is 5.78 Å². The van der Waals surface area contributed by atoms with Gasteiger partial charge in [-0.3, -0.25) is 4.79 Å². The lowest BCUT2D eigenvalue weighted by Gasteiger charge is -2.30. The minimum Gasteiger partial charge on any atom is -0.374 e. The molecule has 0 saturated carbocycles. The van der Waals surface area contributed by atoms with Gasteiger partial charge in [0.25, 0.3) is 0 Å². The first kappa shape index (κ1) is 17.9. The third kappa shape index (κ3) is 3.91. The summed E-state index contributed by atoms with van der Waals surface area (Å²) in [5, 5.41) is 5.09. The number of halogens is 2. The van der Waals surface area contributed by atoms with E-state index in [2.05, 4.69) is 10.1 Å². The average molecular weight is 356 g/mol. The molecule has 0 saturated heterocycles. The van der Waals surface area contributed by atoms with Gasteiger partial charge in [0.05, 0.1) is 0 Å². The van der Waals surface area contributed by atoms with Gasteiger partial charge in [0.2, 0.25) is 0 Å². The molecule has 0 radical (unpaired) electrons. The van der Waals surface area contributed by atoms with Gasteiger partial charge < -0.3 is 4.74 Å². The zero-order valence-corrected chi connectivity index (χ0v) is 15.0. The molecule has 0 spiro atoms. The van der Waals surface area contributed by atoms with Gasteiger partial charge in [-0.05, 0) is 12.1 Å². The molecule has 0 N–H and O–H groups in total. The Morgan fingerprint density at radius 1 is 1.30 bits per heavy atom. The highest BCUT2D eigenvalue weighted by Gasteiger charge is 2.38. The van der Waals surface area contributed by atoms with Crippen molar-refractivity contribution in [3.63, 3.8) is 0 Å². The van der Waals surface area contributed by atoms with Crippen LogP contribution >= 0.6 is 23.2 Å². The predicted molar refractivity (Wildman–Crippen MR) is 89.7 cm³/mol. The van der Waals surface area contributed by atoms with Crippen LogP contribution in [0.25, 0.3) is 0 Å². The Morgan fingerprint density at radius 3 is 2.48 bits per heavy atom. The van der Waals surface area contributed by atoms with E-state index in [1.165, 1.54) is 24.4 Å². The number of carbonyl (C=O) groups is 1. The maximum absolute atomic E-state index is 13.0. The van der Waals surface area contributed by atoms with Crippen LogP contribution in [0.3, 0.4) is 0 Å². The Kier molecular flexibility index (Phi) is 5.45. The van der Waals surface area contributed by atoms with Crippen molar-refractivity contribution in [2.45, 2.75) is 32.9 Å². The number of rotatable bonds is 5. The Hall–Kier alpha value is -1.43. The molecule has 1 aromatic heterocycles. The second-order valence-electron chi connectivity index (χ2n) is 6.26. The van der Waals surface area contributed by atoms with Crippen LogP contribution in [0.15, 0.2) is 30.9 Å². The van der Waals surface area contributed by atoms with Crippen LogP contribution in [0, 0.1) is 5.41 Å². The van der Waals surface area contributed by atoms with Gasteiger partial charge in [0.1, 0.15) is 24.8 Å². The first-order valence-electron chi connectivity index (χ1n) is 7.12. The van der Waals surface area contributed by atoms with Crippen molar-refractivity contribution < 1.29 is 9.53 Å². The first-order chi connectivity index (χ1) is 10.8. The number of methoxy groups -OCH3 is 1. The third-order valence-corrected chi connectivity index (χ3v) is 4.10. The highest BCUT2D eigenvalue weighted by molar-refractivity contribution is 6.35. The van der Waals surface area contributed by atoms with Crippen LogP contribution in [0.5, 0.6) is 0 Å². The van der Waals surface area contributed by atoms with Crippen molar-refractivity contribution in [3.05, 3.63) is 46.5 Å². The van der Waals surface area contributed by atoms with E-state index >= 15 is 0 Å². The van der Waals surface area contributed by atoms with Crippen LogP contribution in [-0.2, 0) is 9.53 Å². The van der Waals surface area contributed by atoms with Gasteiger partial charge in [-0.2, -0.15) is 5.10 Å². The Labute approximate surface area is 145 Å². The highest BCUT2D eigenvalue weighted by Crippen LogP contribution is 2.38. The zero-order valence-electron chi connectivity index (χ0n) is 13.5. The minimum atomic E-state index is -0.679. The van der Waals surface area contributed by atoms with Gasteiger partial charge >= 0.3 is 0 Å². The molecule has 0 bridgehead atoms. The predicted octanol–water partition coefficient (Wildman–Crippen LogP) is 4.13. The standard InChI is InChI=1S/C16H19Cl2N3O2/c1-16(2,3)15(22)13(21-9-19-8-20-21)14(23-4)11-6-5-10(17)7-12(11)18/h5-9,13-14H,1-4H3. The summed E-state index contributed by atoms with van der Waals surface area (Å²) in [6.07, 6.45) is 2.29. The van der Waals surface area contributed by atoms with Crippen LogP contribution in [-0.4, -0.2) is 27.7 Å². The monoisotopic (exact) mass is 355 g/mol. The molecule has 1 aromatic carbocycles. The van der Waals surface area contributed by atoms with Crippen molar-refractivity contribution in [2.24, 2.45) is 5.41 Å². The van der Waals surface area contributed by atoms with E-state index in [1.807, 2.05) is 20.8 Å². The lowest BCUT2D eigenvalue weighted by Crippen LogP contribution is -2.35. The molecule has 2 aromatic rings. The molecular formula is C16H19Cl2N3O2.